The molecular weight excluding hydrogens is 286 g/mol. The Kier molecular flexibility index (Phi) is 4.70. The van der Waals surface area contributed by atoms with Gasteiger partial charge < -0.3 is 15.2 Å². The lowest BCUT2D eigenvalue weighted by Gasteiger charge is -2.23. The highest BCUT2D eigenvalue weighted by Gasteiger charge is 2.30. The smallest absolute Gasteiger partial charge is 0.307 e. The van der Waals surface area contributed by atoms with Crippen molar-refractivity contribution in [3.05, 3.63) is 29.8 Å². The molecule has 2 aliphatic rings. The highest BCUT2D eigenvalue weighted by atomic mass is 32.2. The minimum Gasteiger partial charge on any atom is -0.490 e. The fourth-order valence-electron chi connectivity index (χ4n) is 2.95. The number of benzene rings is 1. The Balaban J connectivity index is 1.58. The molecule has 3 atom stereocenters. The first kappa shape index (κ1) is 14.7. The number of rotatable bonds is 4. The molecule has 2 heterocycles. The summed E-state index contributed by atoms with van der Waals surface area (Å²) < 4.78 is 6.00. The zero-order valence-corrected chi connectivity index (χ0v) is 12.8. The number of aliphatic carboxylic acids is 1. The summed E-state index contributed by atoms with van der Waals surface area (Å²) in [6.45, 7) is 0.553. The molecule has 0 radical (unpaired) electrons. The van der Waals surface area contributed by atoms with E-state index < -0.39 is 5.97 Å². The van der Waals surface area contributed by atoms with E-state index in [1.54, 1.807) is 0 Å². The van der Waals surface area contributed by atoms with Crippen molar-refractivity contribution in [2.45, 2.75) is 31.4 Å². The third kappa shape index (κ3) is 3.71. The third-order valence-corrected chi connectivity index (χ3v) is 5.37. The third-order valence-electron chi connectivity index (χ3n) is 4.18. The molecule has 3 unspecified atom stereocenters. The van der Waals surface area contributed by atoms with Crippen LogP contribution in [-0.4, -0.2) is 35.2 Å². The van der Waals surface area contributed by atoms with E-state index in [4.69, 9.17) is 9.84 Å². The molecule has 0 amide bonds. The monoisotopic (exact) mass is 307 g/mol. The summed E-state index contributed by atoms with van der Waals surface area (Å²) in [6.07, 6.45) is 3.36. The molecule has 0 spiro atoms. The van der Waals surface area contributed by atoms with E-state index in [9.17, 15) is 4.79 Å². The molecular formula is C16H21NO3S. The predicted molar refractivity (Wildman–Crippen MR) is 83.9 cm³/mol. The summed E-state index contributed by atoms with van der Waals surface area (Å²) in [5.74, 6) is 2.26. The molecule has 21 heavy (non-hydrogen) atoms. The highest BCUT2D eigenvalue weighted by Crippen LogP contribution is 2.29. The molecule has 114 valence electrons. The van der Waals surface area contributed by atoms with Crippen LogP contribution in [0.1, 0.15) is 30.9 Å². The Bertz CT molecular complexity index is 485. The number of carboxylic acids is 1. The number of thioether (sulfide) groups is 1. The van der Waals surface area contributed by atoms with Crippen LogP contribution in [0.3, 0.4) is 0 Å². The van der Waals surface area contributed by atoms with Crippen LogP contribution in [0.2, 0.25) is 0 Å². The van der Waals surface area contributed by atoms with Crippen molar-refractivity contribution in [1.29, 1.82) is 0 Å². The zero-order valence-electron chi connectivity index (χ0n) is 12.0. The highest BCUT2D eigenvalue weighted by molar-refractivity contribution is 7.99. The molecule has 4 nitrogen and oxygen atoms in total. The summed E-state index contributed by atoms with van der Waals surface area (Å²) in [7, 11) is 0. The molecule has 1 aromatic carbocycles. The maximum Gasteiger partial charge on any atom is 0.307 e. The summed E-state index contributed by atoms with van der Waals surface area (Å²) in [6, 6.07) is 8.25. The standard InChI is InChI=1S/C16H21NO3S/c18-16(19)12-8-15(17-9-12)11-3-5-13(6-4-11)20-14-2-1-7-21-10-14/h3-6,12,14-15,17H,1-2,7-10H2,(H,18,19). The number of hydrogen-bond acceptors (Lipinski definition) is 4. The van der Waals surface area contributed by atoms with E-state index in [0.717, 1.165) is 23.5 Å². The van der Waals surface area contributed by atoms with Crippen LogP contribution in [0, 0.1) is 5.92 Å². The van der Waals surface area contributed by atoms with E-state index in [1.807, 2.05) is 36.0 Å². The number of ether oxygens (including phenoxy) is 1. The van der Waals surface area contributed by atoms with Crippen molar-refractivity contribution in [2.24, 2.45) is 5.92 Å². The lowest BCUT2D eigenvalue weighted by Crippen LogP contribution is -2.23. The van der Waals surface area contributed by atoms with Gasteiger partial charge in [-0.05, 0) is 42.7 Å². The minimum absolute atomic E-state index is 0.144. The molecule has 0 aliphatic carbocycles. The summed E-state index contributed by atoms with van der Waals surface area (Å²) >= 11 is 1.96. The molecule has 2 aliphatic heterocycles. The topological polar surface area (TPSA) is 58.6 Å². The Morgan fingerprint density at radius 2 is 2.14 bits per heavy atom. The lowest BCUT2D eigenvalue weighted by atomic mass is 10.0. The quantitative estimate of drug-likeness (QED) is 0.895. The second kappa shape index (κ2) is 6.71. The van der Waals surface area contributed by atoms with Gasteiger partial charge in [-0.2, -0.15) is 11.8 Å². The van der Waals surface area contributed by atoms with E-state index >= 15 is 0 Å². The van der Waals surface area contributed by atoms with Crippen molar-refractivity contribution in [3.8, 4) is 5.75 Å². The second-order valence-electron chi connectivity index (χ2n) is 5.76. The second-order valence-corrected chi connectivity index (χ2v) is 6.91. The van der Waals surface area contributed by atoms with Crippen LogP contribution in [0.5, 0.6) is 5.75 Å². The maximum atomic E-state index is 11.0. The van der Waals surface area contributed by atoms with Gasteiger partial charge in [0, 0.05) is 18.3 Å². The first-order valence-electron chi connectivity index (χ1n) is 7.53. The van der Waals surface area contributed by atoms with E-state index in [0.29, 0.717) is 19.1 Å². The fraction of sp³-hybridized carbons (Fsp3) is 0.562. The van der Waals surface area contributed by atoms with Gasteiger partial charge in [0.15, 0.2) is 0 Å². The van der Waals surface area contributed by atoms with Gasteiger partial charge in [-0.3, -0.25) is 4.79 Å². The van der Waals surface area contributed by atoms with E-state index in [2.05, 4.69) is 5.32 Å². The number of hydrogen-bond donors (Lipinski definition) is 2. The molecule has 2 fully saturated rings. The van der Waals surface area contributed by atoms with Crippen molar-refractivity contribution in [3.63, 3.8) is 0 Å². The van der Waals surface area contributed by atoms with Crippen LogP contribution in [0.25, 0.3) is 0 Å². The van der Waals surface area contributed by atoms with Crippen LogP contribution in [0.15, 0.2) is 24.3 Å². The van der Waals surface area contributed by atoms with E-state index in [1.165, 1.54) is 12.2 Å². The van der Waals surface area contributed by atoms with Crippen LogP contribution < -0.4 is 10.1 Å². The van der Waals surface area contributed by atoms with Gasteiger partial charge in [0.2, 0.25) is 0 Å². The summed E-state index contributed by atoms with van der Waals surface area (Å²) in [5.41, 5.74) is 1.14. The Morgan fingerprint density at radius 3 is 2.76 bits per heavy atom. The lowest BCUT2D eigenvalue weighted by molar-refractivity contribution is -0.141. The molecule has 2 saturated heterocycles. The van der Waals surface area contributed by atoms with Crippen molar-refractivity contribution >= 4 is 17.7 Å². The van der Waals surface area contributed by atoms with Gasteiger partial charge in [0.25, 0.3) is 0 Å². The van der Waals surface area contributed by atoms with Gasteiger partial charge in [-0.1, -0.05) is 12.1 Å². The zero-order chi connectivity index (χ0) is 14.7. The van der Waals surface area contributed by atoms with Gasteiger partial charge >= 0.3 is 5.97 Å². The Hall–Kier alpha value is -1.20. The molecule has 5 heteroatoms. The average molecular weight is 307 g/mol. The predicted octanol–water partition coefficient (Wildman–Crippen LogP) is 2.70. The van der Waals surface area contributed by atoms with E-state index in [-0.39, 0.29) is 12.0 Å². The van der Waals surface area contributed by atoms with Gasteiger partial charge in [0.1, 0.15) is 11.9 Å². The van der Waals surface area contributed by atoms with Crippen LogP contribution in [-0.2, 0) is 4.79 Å². The van der Waals surface area contributed by atoms with Crippen molar-refractivity contribution in [2.75, 3.05) is 18.1 Å². The van der Waals surface area contributed by atoms with Crippen molar-refractivity contribution < 1.29 is 14.6 Å². The molecule has 0 aromatic heterocycles. The molecule has 1 aromatic rings. The first-order chi connectivity index (χ1) is 10.2. The number of carboxylic acid groups (broad SMARTS) is 1. The summed E-state index contributed by atoms with van der Waals surface area (Å²) in [5, 5.41) is 12.3. The van der Waals surface area contributed by atoms with Gasteiger partial charge in [-0.25, -0.2) is 0 Å². The molecule has 3 rings (SSSR count). The number of nitrogens with one attached hydrogen (secondary N) is 1. The van der Waals surface area contributed by atoms with Crippen molar-refractivity contribution in [1.82, 2.24) is 5.32 Å². The summed E-state index contributed by atoms with van der Waals surface area (Å²) in [4.78, 5) is 11.0. The Labute approximate surface area is 129 Å². The van der Waals surface area contributed by atoms with Gasteiger partial charge in [-0.15, -0.1) is 0 Å². The van der Waals surface area contributed by atoms with Crippen LogP contribution in [0.4, 0.5) is 0 Å². The maximum absolute atomic E-state index is 11.0. The molecule has 0 bridgehead atoms. The molecule has 0 saturated carbocycles. The van der Waals surface area contributed by atoms with Crippen LogP contribution >= 0.6 is 11.8 Å². The number of carbonyl (C=O) groups is 1. The average Bonchev–Trinajstić information content (AvgIpc) is 2.99. The fourth-order valence-corrected chi connectivity index (χ4v) is 3.99. The Morgan fingerprint density at radius 1 is 1.33 bits per heavy atom. The molecule has 2 N–H and O–H groups in total. The normalized spacial score (nSPS) is 29.2. The minimum atomic E-state index is -0.709. The largest absolute Gasteiger partial charge is 0.490 e. The van der Waals surface area contributed by atoms with Gasteiger partial charge in [0.05, 0.1) is 5.92 Å². The first-order valence-corrected chi connectivity index (χ1v) is 8.68. The SMILES string of the molecule is O=C(O)C1CNC(c2ccc(OC3CCCSC3)cc2)C1.